The van der Waals surface area contributed by atoms with Crippen molar-refractivity contribution in [3.8, 4) is 0 Å². The monoisotopic (exact) mass is 374 g/mol. The molecular formula is C20H17F3N2O2. The van der Waals surface area contributed by atoms with E-state index in [9.17, 15) is 22.8 Å². The highest BCUT2D eigenvalue weighted by Crippen LogP contribution is 2.34. The molecule has 1 atom stereocenters. The highest BCUT2D eigenvalue weighted by Gasteiger charge is 2.31. The third kappa shape index (κ3) is 4.19. The van der Waals surface area contributed by atoms with Gasteiger partial charge in [-0.15, -0.1) is 0 Å². The van der Waals surface area contributed by atoms with Gasteiger partial charge in [-0.05, 0) is 35.4 Å². The first-order valence-electron chi connectivity index (χ1n) is 8.29. The third-order valence-electron chi connectivity index (χ3n) is 4.32. The van der Waals surface area contributed by atoms with Crippen LogP contribution >= 0.6 is 0 Å². The van der Waals surface area contributed by atoms with Crippen molar-refractivity contribution in [2.45, 2.75) is 25.6 Å². The number of nitrogens with one attached hydrogen (secondary N) is 1. The number of hydrogen-bond acceptors (Lipinski definition) is 2. The van der Waals surface area contributed by atoms with Crippen molar-refractivity contribution in [1.82, 2.24) is 4.90 Å². The number of carbonyl (C=O) groups is 2. The molecule has 0 fully saturated rings. The lowest BCUT2D eigenvalue weighted by molar-refractivity contribution is -0.137. The van der Waals surface area contributed by atoms with Crippen LogP contribution in [-0.2, 0) is 15.8 Å². The van der Waals surface area contributed by atoms with Crippen LogP contribution in [0.25, 0.3) is 6.08 Å². The predicted molar refractivity (Wildman–Crippen MR) is 95.4 cm³/mol. The van der Waals surface area contributed by atoms with E-state index in [1.165, 1.54) is 24.0 Å². The largest absolute Gasteiger partial charge is 0.416 e. The molecule has 2 aromatic carbocycles. The molecule has 27 heavy (non-hydrogen) atoms. The molecule has 0 radical (unpaired) electrons. The fraction of sp³-hybridized carbons (Fsp3) is 0.200. The fourth-order valence-electron chi connectivity index (χ4n) is 3.07. The van der Waals surface area contributed by atoms with E-state index < -0.39 is 23.7 Å². The Hall–Kier alpha value is -3.09. The van der Waals surface area contributed by atoms with Crippen molar-refractivity contribution in [3.05, 3.63) is 71.4 Å². The first kappa shape index (κ1) is 18.7. The summed E-state index contributed by atoms with van der Waals surface area (Å²) in [6.45, 7) is 1.40. The molecule has 1 N–H and O–H groups in total. The molecule has 1 heterocycles. The molecule has 2 aromatic rings. The van der Waals surface area contributed by atoms with Crippen LogP contribution in [0.5, 0.6) is 0 Å². The molecule has 0 saturated heterocycles. The van der Waals surface area contributed by atoms with E-state index in [0.717, 1.165) is 23.3 Å². The molecule has 3 rings (SSSR count). The van der Waals surface area contributed by atoms with E-state index in [-0.39, 0.29) is 18.0 Å². The molecule has 0 spiro atoms. The topological polar surface area (TPSA) is 49.4 Å². The van der Waals surface area contributed by atoms with Gasteiger partial charge in [0.05, 0.1) is 18.0 Å². The lowest BCUT2D eigenvalue weighted by atomic mass is 9.93. The summed E-state index contributed by atoms with van der Waals surface area (Å²) in [7, 11) is 0. The van der Waals surface area contributed by atoms with Crippen LogP contribution in [0.3, 0.4) is 0 Å². The molecule has 140 valence electrons. The standard InChI is InChI=1S/C20H17F3N2O2/c1-13(26)25-10-9-14-5-2-3-8-17(14)18(25)12-19(27)24-16-7-4-6-15(11-16)20(21,22)23/h2-11,18H,12H2,1H3,(H,24,27)/t18-/m1/s1. The number of nitrogens with zero attached hydrogens (tertiary/aromatic N) is 1. The number of fused-ring (bicyclic) bond motifs is 1. The number of rotatable bonds is 3. The summed E-state index contributed by atoms with van der Waals surface area (Å²) in [5.41, 5.74) is 0.932. The molecule has 0 unspecified atom stereocenters. The number of halogens is 3. The Balaban J connectivity index is 1.80. The minimum atomic E-state index is -4.49. The van der Waals surface area contributed by atoms with Crippen molar-refractivity contribution in [2.75, 3.05) is 5.32 Å². The van der Waals surface area contributed by atoms with E-state index in [2.05, 4.69) is 5.32 Å². The van der Waals surface area contributed by atoms with Crippen molar-refractivity contribution in [3.63, 3.8) is 0 Å². The molecule has 4 nitrogen and oxygen atoms in total. The molecule has 0 saturated carbocycles. The Morgan fingerprint density at radius 2 is 1.85 bits per heavy atom. The summed E-state index contributed by atoms with van der Waals surface area (Å²) in [6, 6.07) is 11.3. The maximum Gasteiger partial charge on any atom is 0.416 e. The van der Waals surface area contributed by atoms with E-state index in [4.69, 9.17) is 0 Å². The molecule has 0 bridgehead atoms. The molecule has 0 aliphatic carbocycles. The predicted octanol–water partition coefficient (Wildman–Crippen LogP) is 4.61. The average Bonchev–Trinajstić information content (AvgIpc) is 2.61. The summed E-state index contributed by atoms with van der Waals surface area (Å²) in [5.74, 6) is -0.701. The van der Waals surface area contributed by atoms with Crippen molar-refractivity contribution < 1.29 is 22.8 Å². The zero-order chi connectivity index (χ0) is 19.6. The van der Waals surface area contributed by atoms with Crippen LogP contribution in [-0.4, -0.2) is 16.7 Å². The maximum atomic E-state index is 12.8. The molecule has 1 aliphatic heterocycles. The van der Waals surface area contributed by atoms with Gasteiger partial charge in [-0.1, -0.05) is 30.3 Å². The molecule has 2 amide bonds. The fourth-order valence-corrected chi connectivity index (χ4v) is 3.07. The number of benzene rings is 2. The molecule has 0 aromatic heterocycles. The second-order valence-electron chi connectivity index (χ2n) is 6.22. The van der Waals surface area contributed by atoms with Gasteiger partial charge in [-0.3, -0.25) is 9.59 Å². The minimum absolute atomic E-state index is 0.0591. The normalized spacial score (nSPS) is 16.0. The Bertz CT molecular complexity index is 906. The van der Waals surface area contributed by atoms with Crippen molar-refractivity contribution >= 4 is 23.6 Å². The van der Waals surface area contributed by atoms with Crippen LogP contribution < -0.4 is 5.32 Å². The Morgan fingerprint density at radius 3 is 2.56 bits per heavy atom. The second kappa shape index (κ2) is 7.26. The van der Waals surface area contributed by atoms with Crippen LogP contribution in [0.1, 0.15) is 36.1 Å². The second-order valence-corrected chi connectivity index (χ2v) is 6.22. The van der Waals surface area contributed by atoms with E-state index >= 15 is 0 Å². The summed E-state index contributed by atoms with van der Waals surface area (Å²) >= 11 is 0. The van der Waals surface area contributed by atoms with Crippen LogP contribution in [0.4, 0.5) is 18.9 Å². The number of amides is 2. The highest BCUT2D eigenvalue weighted by atomic mass is 19.4. The Kier molecular flexibility index (Phi) is 5.03. The van der Waals surface area contributed by atoms with Gasteiger partial charge in [0.1, 0.15) is 0 Å². The number of alkyl halides is 3. The van der Waals surface area contributed by atoms with Gasteiger partial charge in [0.25, 0.3) is 0 Å². The quantitative estimate of drug-likeness (QED) is 0.853. The van der Waals surface area contributed by atoms with Crippen molar-refractivity contribution in [2.24, 2.45) is 0 Å². The highest BCUT2D eigenvalue weighted by molar-refractivity contribution is 5.92. The van der Waals surface area contributed by atoms with Gasteiger partial charge in [0, 0.05) is 18.8 Å². The van der Waals surface area contributed by atoms with Crippen LogP contribution in [0, 0.1) is 0 Å². The van der Waals surface area contributed by atoms with Gasteiger partial charge in [0.15, 0.2) is 0 Å². The van der Waals surface area contributed by atoms with E-state index in [0.29, 0.717) is 0 Å². The van der Waals surface area contributed by atoms with Crippen LogP contribution in [0.2, 0.25) is 0 Å². The van der Waals surface area contributed by atoms with Crippen LogP contribution in [0.15, 0.2) is 54.7 Å². The number of hydrogen-bond donors (Lipinski definition) is 1. The SMILES string of the molecule is CC(=O)N1C=Cc2ccccc2[C@H]1CC(=O)Nc1cccc(C(F)(F)F)c1. The van der Waals surface area contributed by atoms with Gasteiger partial charge in [0.2, 0.25) is 11.8 Å². The van der Waals surface area contributed by atoms with E-state index in [1.807, 2.05) is 24.3 Å². The third-order valence-corrected chi connectivity index (χ3v) is 4.32. The average molecular weight is 374 g/mol. The first-order valence-corrected chi connectivity index (χ1v) is 8.29. The smallest absolute Gasteiger partial charge is 0.326 e. The maximum absolute atomic E-state index is 12.8. The van der Waals surface area contributed by atoms with E-state index in [1.54, 1.807) is 12.3 Å². The first-order chi connectivity index (χ1) is 12.8. The lowest BCUT2D eigenvalue weighted by Gasteiger charge is -2.32. The summed E-state index contributed by atoms with van der Waals surface area (Å²) in [6.07, 6.45) is -1.15. The summed E-state index contributed by atoms with van der Waals surface area (Å²) in [5, 5.41) is 2.49. The number of carbonyl (C=O) groups excluding carboxylic acids is 2. The Morgan fingerprint density at radius 1 is 1.11 bits per heavy atom. The molecular weight excluding hydrogens is 357 g/mol. The van der Waals surface area contributed by atoms with Crippen molar-refractivity contribution in [1.29, 1.82) is 0 Å². The van der Waals surface area contributed by atoms with Gasteiger partial charge >= 0.3 is 6.18 Å². The minimum Gasteiger partial charge on any atom is -0.326 e. The lowest BCUT2D eigenvalue weighted by Crippen LogP contribution is -2.33. The Labute approximate surface area is 154 Å². The molecule has 1 aliphatic rings. The summed E-state index contributed by atoms with van der Waals surface area (Å²) in [4.78, 5) is 25.8. The van der Waals surface area contributed by atoms with Gasteiger partial charge in [-0.2, -0.15) is 13.2 Å². The van der Waals surface area contributed by atoms with Gasteiger partial charge in [-0.25, -0.2) is 0 Å². The summed E-state index contributed by atoms with van der Waals surface area (Å²) < 4.78 is 38.5. The zero-order valence-electron chi connectivity index (χ0n) is 14.5. The number of anilines is 1. The zero-order valence-corrected chi connectivity index (χ0v) is 14.5. The van der Waals surface area contributed by atoms with Gasteiger partial charge < -0.3 is 10.2 Å². The molecule has 7 heteroatoms.